The number of carbonyl (C=O) groups is 1. The molecule has 0 aromatic heterocycles. The molecule has 0 radical (unpaired) electrons. The predicted molar refractivity (Wildman–Crippen MR) is 47.5 cm³/mol. The molecule has 1 aromatic carbocycles. The van der Waals surface area contributed by atoms with Crippen molar-refractivity contribution >= 4 is 27.8 Å². The first kappa shape index (κ1) is 7.68. The van der Waals surface area contributed by atoms with Gasteiger partial charge in [0.1, 0.15) is 5.82 Å². The van der Waals surface area contributed by atoms with E-state index >= 15 is 0 Å². The van der Waals surface area contributed by atoms with Crippen LogP contribution < -0.4 is 0 Å². The Labute approximate surface area is 77.0 Å². The molecule has 1 nitrogen and oxygen atoms in total. The standard InChI is InChI=1S/C9H4BrFO/c10-6-3-5-1-2-8(12)9(5)7(11)4-6/h1-4H. The molecule has 3 heteroatoms. The van der Waals surface area contributed by atoms with Gasteiger partial charge < -0.3 is 0 Å². The second-order valence-corrected chi connectivity index (χ2v) is 3.47. The van der Waals surface area contributed by atoms with Crippen molar-refractivity contribution in [2.24, 2.45) is 0 Å². The Morgan fingerprint density at radius 3 is 2.75 bits per heavy atom. The lowest BCUT2D eigenvalue weighted by atomic mass is 10.1. The molecule has 0 saturated heterocycles. The van der Waals surface area contributed by atoms with Crippen LogP contribution in [-0.2, 0) is 0 Å². The molecule has 0 atom stereocenters. The molecule has 0 unspecified atom stereocenters. The lowest BCUT2D eigenvalue weighted by Crippen LogP contribution is -1.96. The SMILES string of the molecule is O=C1C=Cc2cc(Br)cc(F)c21. The lowest BCUT2D eigenvalue weighted by Gasteiger charge is -1.99. The summed E-state index contributed by atoms with van der Waals surface area (Å²) in [5.41, 5.74) is 0.824. The summed E-state index contributed by atoms with van der Waals surface area (Å²) in [4.78, 5) is 11.1. The van der Waals surface area contributed by atoms with Gasteiger partial charge in [0.05, 0.1) is 5.56 Å². The van der Waals surface area contributed by atoms with E-state index in [9.17, 15) is 9.18 Å². The van der Waals surface area contributed by atoms with E-state index in [4.69, 9.17) is 0 Å². The van der Waals surface area contributed by atoms with Crippen LogP contribution in [0.4, 0.5) is 4.39 Å². The summed E-state index contributed by atoms with van der Waals surface area (Å²) in [7, 11) is 0. The normalized spacial score (nSPS) is 13.7. The summed E-state index contributed by atoms with van der Waals surface area (Å²) >= 11 is 3.15. The average Bonchev–Trinajstić information content (AvgIpc) is 2.31. The molecule has 0 spiro atoms. The molecule has 0 N–H and O–H groups in total. The highest BCUT2D eigenvalue weighted by atomic mass is 79.9. The van der Waals surface area contributed by atoms with Crippen LogP contribution in [0.25, 0.3) is 6.08 Å². The van der Waals surface area contributed by atoms with E-state index in [-0.39, 0.29) is 11.3 Å². The Morgan fingerprint density at radius 2 is 2.00 bits per heavy atom. The summed E-state index contributed by atoms with van der Waals surface area (Å²) in [6.07, 6.45) is 2.99. The number of halogens is 2. The minimum absolute atomic E-state index is 0.179. The van der Waals surface area contributed by atoms with E-state index in [0.29, 0.717) is 10.0 Å². The van der Waals surface area contributed by atoms with Crippen LogP contribution in [0.15, 0.2) is 22.7 Å². The number of benzene rings is 1. The second-order valence-electron chi connectivity index (χ2n) is 2.55. The van der Waals surface area contributed by atoms with E-state index in [1.807, 2.05) is 0 Å². The van der Waals surface area contributed by atoms with E-state index in [2.05, 4.69) is 15.9 Å². The van der Waals surface area contributed by atoms with Crippen LogP contribution in [0.3, 0.4) is 0 Å². The molecule has 1 aliphatic carbocycles. The maximum atomic E-state index is 13.1. The summed E-state index contributed by atoms with van der Waals surface area (Å²) in [6, 6.07) is 3.02. The van der Waals surface area contributed by atoms with Gasteiger partial charge in [-0.05, 0) is 23.8 Å². The van der Waals surface area contributed by atoms with E-state index in [1.165, 1.54) is 12.1 Å². The van der Waals surface area contributed by atoms with Crippen molar-refractivity contribution in [3.05, 3.63) is 39.6 Å². The molecule has 0 saturated carbocycles. The van der Waals surface area contributed by atoms with Crippen LogP contribution in [0, 0.1) is 5.82 Å². The van der Waals surface area contributed by atoms with E-state index in [0.717, 1.165) is 0 Å². The van der Waals surface area contributed by atoms with Gasteiger partial charge in [0.2, 0.25) is 0 Å². The zero-order valence-electron chi connectivity index (χ0n) is 5.97. The van der Waals surface area contributed by atoms with Gasteiger partial charge in [0.15, 0.2) is 5.78 Å². The predicted octanol–water partition coefficient (Wildman–Crippen LogP) is 2.80. The number of ketones is 1. The number of allylic oxidation sites excluding steroid dienone is 1. The van der Waals surface area contributed by atoms with Crippen molar-refractivity contribution in [1.82, 2.24) is 0 Å². The minimum Gasteiger partial charge on any atom is -0.289 e. The lowest BCUT2D eigenvalue weighted by molar-refractivity contribution is 0.104. The first-order valence-corrected chi connectivity index (χ1v) is 4.19. The molecule has 1 aliphatic rings. The molecule has 0 amide bonds. The maximum absolute atomic E-state index is 13.1. The smallest absolute Gasteiger partial charge is 0.189 e. The van der Waals surface area contributed by atoms with E-state index < -0.39 is 5.82 Å². The van der Waals surface area contributed by atoms with Gasteiger partial charge in [0, 0.05) is 4.47 Å². The van der Waals surface area contributed by atoms with Crippen molar-refractivity contribution in [2.45, 2.75) is 0 Å². The first-order valence-electron chi connectivity index (χ1n) is 3.40. The summed E-state index contributed by atoms with van der Waals surface area (Å²) < 4.78 is 13.8. The van der Waals surface area contributed by atoms with Crippen molar-refractivity contribution in [1.29, 1.82) is 0 Å². The minimum atomic E-state index is -0.464. The Kier molecular flexibility index (Phi) is 1.61. The highest BCUT2D eigenvalue weighted by molar-refractivity contribution is 9.10. The highest BCUT2D eigenvalue weighted by Crippen LogP contribution is 2.26. The molecule has 0 heterocycles. The van der Waals surface area contributed by atoms with Gasteiger partial charge in [-0.3, -0.25) is 4.79 Å². The quantitative estimate of drug-likeness (QED) is 0.665. The topological polar surface area (TPSA) is 17.1 Å². The fraction of sp³-hybridized carbons (Fsp3) is 0. The Bertz CT molecular complexity index is 396. The van der Waals surface area contributed by atoms with Gasteiger partial charge >= 0.3 is 0 Å². The molecular formula is C9H4BrFO. The van der Waals surface area contributed by atoms with Crippen molar-refractivity contribution < 1.29 is 9.18 Å². The van der Waals surface area contributed by atoms with E-state index in [1.54, 1.807) is 12.1 Å². The van der Waals surface area contributed by atoms with Gasteiger partial charge in [-0.2, -0.15) is 0 Å². The summed E-state index contributed by atoms with van der Waals surface area (Å²) in [6.45, 7) is 0. The number of carbonyl (C=O) groups excluding carboxylic acids is 1. The Balaban J connectivity index is 2.74. The summed E-state index contributed by atoms with van der Waals surface area (Å²) in [5, 5.41) is 0. The van der Waals surface area contributed by atoms with Gasteiger partial charge in [-0.15, -0.1) is 0 Å². The van der Waals surface area contributed by atoms with Gasteiger partial charge in [-0.25, -0.2) is 4.39 Å². The third kappa shape index (κ3) is 1.01. The maximum Gasteiger partial charge on any atom is 0.189 e. The van der Waals surface area contributed by atoms with Crippen LogP contribution in [-0.4, -0.2) is 5.78 Å². The number of rotatable bonds is 0. The fourth-order valence-electron chi connectivity index (χ4n) is 1.23. The van der Waals surface area contributed by atoms with Crippen LogP contribution in [0.5, 0.6) is 0 Å². The first-order chi connectivity index (χ1) is 5.68. The number of fused-ring (bicyclic) bond motifs is 1. The van der Waals surface area contributed by atoms with Crippen molar-refractivity contribution in [3.8, 4) is 0 Å². The molecule has 0 aliphatic heterocycles. The zero-order chi connectivity index (χ0) is 8.72. The zero-order valence-corrected chi connectivity index (χ0v) is 7.56. The van der Waals surface area contributed by atoms with Crippen LogP contribution in [0.1, 0.15) is 15.9 Å². The molecule has 1 aromatic rings. The molecule has 2 rings (SSSR count). The fourth-order valence-corrected chi connectivity index (χ4v) is 1.68. The van der Waals surface area contributed by atoms with Crippen LogP contribution in [0.2, 0.25) is 0 Å². The number of hydrogen-bond acceptors (Lipinski definition) is 1. The van der Waals surface area contributed by atoms with Crippen LogP contribution >= 0.6 is 15.9 Å². The Hall–Kier alpha value is -0.960. The van der Waals surface area contributed by atoms with Gasteiger partial charge in [-0.1, -0.05) is 22.0 Å². The highest BCUT2D eigenvalue weighted by Gasteiger charge is 2.18. The molecule has 0 fully saturated rings. The van der Waals surface area contributed by atoms with Gasteiger partial charge in [0.25, 0.3) is 0 Å². The summed E-state index contributed by atoms with van der Waals surface area (Å²) in [5.74, 6) is -0.718. The third-order valence-corrected chi connectivity index (χ3v) is 2.20. The number of hydrogen-bond donors (Lipinski definition) is 0. The van der Waals surface area contributed by atoms with Crippen molar-refractivity contribution in [2.75, 3.05) is 0 Å². The third-order valence-electron chi connectivity index (χ3n) is 1.75. The molecule has 60 valence electrons. The van der Waals surface area contributed by atoms with Crippen molar-refractivity contribution in [3.63, 3.8) is 0 Å². The monoisotopic (exact) mass is 226 g/mol. The Morgan fingerprint density at radius 1 is 1.25 bits per heavy atom. The second kappa shape index (κ2) is 2.52. The molecule has 0 bridgehead atoms. The molecule has 12 heavy (non-hydrogen) atoms. The average molecular weight is 227 g/mol. The largest absolute Gasteiger partial charge is 0.289 e. The molecular weight excluding hydrogens is 223 g/mol.